The fourth-order valence-electron chi connectivity index (χ4n) is 4.01. The first-order chi connectivity index (χ1) is 6.36. The molecule has 0 amide bonds. The molecule has 13 heavy (non-hydrogen) atoms. The van der Waals surface area contributed by atoms with Crippen LogP contribution >= 0.6 is 0 Å². The van der Waals surface area contributed by atoms with Crippen LogP contribution in [0.3, 0.4) is 0 Å². The summed E-state index contributed by atoms with van der Waals surface area (Å²) in [6.45, 7) is 3.65. The normalized spacial score (nSPS) is 67.6. The highest BCUT2D eigenvalue weighted by Crippen LogP contribution is 2.56. The second kappa shape index (κ2) is 2.10. The Bertz CT molecular complexity index is 255. The van der Waals surface area contributed by atoms with Crippen LogP contribution in [0, 0.1) is 23.7 Å². The molecule has 4 fully saturated rings. The van der Waals surface area contributed by atoms with Crippen LogP contribution in [0.5, 0.6) is 0 Å². The van der Waals surface area contributed by atoms with Gasteiger partial charge in [0.25, 0.3) is 0 Å². The highest BCUT2D eigenvalue weighted by atomic mass is 15.4. The summed E-state index contributed by atoms with van der Waals surface area (Å²) in [6.07, 6.45) is 1.42. The van der Waals surface area contributed by atoms with Crippen LogP contribution in [0.25, 0.3) is 0 Å². The summed E-state index contributed by atoms with van der Waals surface area (Å²) in [5.74, 6) is 3.89. The fourth-order valence-corrected chi connectivity index (χ4v) is 4.01. The molecule has 4 aliphatic rings. The van der Waals surface area contributed by atoms with Crippen LogP contribution in [0.4, 0.5) is 0 Å². The molecule has 0 spiro atoms. The molecule has 0 aromatic heterocycles. The summed E-state index contributed by atoms with van der Waals surface area (Å²) in [6, 6.07) is 2.32. The molecule has 0 radical (unpaired) electrons. The van der Waals surface area contributed by atoms with Crippen molar-refractivity contribution in [1.29, 1.82) is 0 Å². The van der Waals surface area contributed by atoms with Crippen molar-refractivity contribution in [1.82, 2.24) is 16.2 Å². The lowest BCUT2D eigenvalue weighted by Crippen LogP contribution is -2.71. The summed E-state index contributed by atoms with van der Waals surface area (Å²) in [7, 11) is 0. The first-order valence-corrected chi connectivity index (χ1v) is 5.61. The van der Waals surface area contributed by atoms with E-state index in [1.807, 2.05) is 0 Å². The van der Waals surface area contributed by atoms with Crippen LogP contribution in [0.15, 0.2) is 0 Å². The van der Waals surface area contributed by atoms with E-state index in [2.05, 4.69) is 23.1 Å². The van der Waals surface area contributed by atoms with Crippen LogP contribution in [-0.4, -0.2) is 24.7 Å². The van der Waals surface area contributed by atoms with E-state index < -0.39 is 0 Å². The SMILES string of the molecule is CC1CNC2C3NNC4CC4C3C12. The van der Waals surface area contributed by atoms with Crippen molar-refractivity contribution in [2.45, 2.75) is 31.5 Å². The molecule has 2 saturated carbocycles. The van der Waals surface area contributed by atoms with E-state index in [0.29, 0.717) is 0 Å². The van der Waals surface area contributed by atoms with E-state index in [0.717, 1.165) is 41.8 Å². The largest absolute Gasteiger partial charge is 0.312 e. The minimum atomic E-state index is 0.735. The summed E-state index contributed by atoms with van der Waals surface area (Å²) in [5, 5.41) is 3.64. The van der Waals surface area contributed by atoms with Gasteiger partial charge in [-0.05, 0) is 36.6 Å². The van der Waals surface area contributed by atoms with Gasteiger partial charge in [-0.1, -0.05) is 6.92 Å². The fraction of sp³-hybridized carbons (Fsp3) is 1.00. The zero-order valence-electron chi connectivity index (χ0n) is 7.96. The molecule has 4 rings (SSSR count). The van der Waals surface area contributed by atoms with Gasteiger partial charge in [0.2, 0.25) is 0 Å². The Kier molecular flexibility index (Phi) is 1.16. The van der Waals surface area contributed by atoms with Crippen molar-refractivity contribution in [3.05, 3.63) is 0 Å². The van der Waals surface area contributed by atoms with Gasteiger partial charge in [-0.25, -0.2) is 0 Å². The van der Waals surface area contributed by atoms with Gasteiger partial charge in [-0.15, -0.1) is 0 Å². The van der Waals surface area contributed by atoms with Crippen molar-refractivity contribution in [3.63, 3.8) is 0 Å². The second-order valence-corrected chi connectivity index (χ2v) is 5.39. The maximum atomic E-state index is 3.64. The quantitative estimate of drug-likeness (QED) is 0.478. The Balaban J connectivity index is 1.64. The van der Waals surface area contributed by atoms with Crippen LogP contribution in [0.1, 0.15) is 13.3 Å². The summed E-state index contributed by atoms with van der Waals surface area (Å²) in [4.78, 5) is 0. The number of hydrogen-bond donors (Lipinski definition) is 3. The average molecular weight is 179 g/mol. The molecule has 3 nitrogen and oxygen atoms in total. The standard InChI is InChI=1S/C10H17N3/c1-4-3-11-9-7(4)8-5-2-6(5)12-13-10(8)9/h4-13H,2-3H2,1H3. The molecule has 2 aliphatic heterocycles. The van der Waals surface area contributed by atoms with Gasteiger partial charge in [-0.2, -0.15) is 0 Å². The zero-order valence-corrected chi connectivity index (χ0v) is 7.96. The van der Waals surface area contributed by atoms with E-state index in [1.165, 1.54) is 13.0 Å². The summed E-state index contributed by atoms with van der Waals surface area (Å²) < 4.78 is 0. The molecule has 2 heterocycles. The number of hydrogen-bond acceptors (Lipinski definition) is 3. The second-order valence-electron chi connectivity index (χ2n) is 5.39. The maximum absolute atomic E-state index is 3.64. The smallest absolute Gasteiger partial charge is 0.0404 e. The lowest BCUT2D eigenvalue weighted by Gasteiger charge is -2.53. The van der Waals surface area contributed by atoms with Gasteiger partial charge in [0, 0.05) is 18.1 Å². The van der Waals surface area contributed by atoms with Gasteiger partial charge in [-0.3, -0.25) is 10.9 Å². The van der Waals surface area contributed by atoms with Gasteiger partial charge >= 0.3 is 0 Å². The minimum Gasteiger partial charge on any atom is -0.312 e. The Morgan fingerprint density at radius 3 is 2.92 bits per heavy atom. The Labute approximate surface area is 78.6 Å². The van der Waals surface area contributed by atoms with Gasteiger partial charge in [0.15, 0.2) is 0 Å². The van der Waals surface area contributed by atoms with Crippen molar-refractivity contribution in [2.75, 3.05) is 6.54 Å². The molecule has 7 atom stereocenters. The third-order valence-electron chi connectivity index (χ3n) is 4.76. The number of rotatable bonds is 0. The molecular weight excluding hydrogens is 162 g/mol. The predicted octanol–water partition coefficient (Wildman–Crippen LogP) is -0.295. The highest BCUT2D eigenvalue weighted by Gasteiger charge is 2.64. The van der Waals surface area contributed by atoms with E-state index in [-0.39, 0.29) is 0 Å². The van der Waals surface area contributed by atoms with E-state index in [4.69, 9.17) is 0 Å². The number of hydrazine groups is 1. The van der Waals surface area contributed by atoms with Crippen molar-refractivity contribution >= 4 is 0 Å². The van der Waals surface area contributed by atoms with Gasteiger partial charge < -0.3 is 5.32 Å². The van der Waals surface area contributed by atoms with Crippen molar-refractivity contribution in [3.8, 4) is 0 Å². The maximum Gasteiger partial charge on any atom is 0.0404 e. The van der Waals surface area contributed by atoms with Crippen molar-refractivity contribution < 1.29 is 0 Å². The van der Waals surface area contributed by atoms with E-state index >= 15 is 0 Å². The number of nitrogens with one attached hydrogen (secondary N) is 3. The van der Waals surface area contributed by atoms with Crippen LogP contribution in [-0.2, 0) is 0 Å². The molecule has 0 aromatic carbocycles. The molecule has 0 bridgehead atoms. The molecule has 72 valence electrons. The lowest BCUT2D eigenvalue weighted by molar-refractivity contribution is 0.00898. The van der Waals surface area contributed by atoms with Crippen LogP contribution < -0.4 is 16.2 Å². The molecule has 7 unspecified atom stereocenters. The molecule has 3 heteroatoms. The average Bonchev–Trinajstić information content (AvgIpc) is 2.75. The lowest BCUT2D eigenvalue weighted by atomic mass is 9.60. The summed E-state index contributed by atoms with van der Waals surface area (Å²) >= 11 is 0. The Morgan fingerprint density at radius 1 is 1.08 bits per heavy atom. The zero-order chi connectivity index (χ0) is 8.58. The molecule has 2 aliphatic carbocycles. The topological polar surface area (TPSA) is 36.1 Å². The number of fused-ring (bicyclic) bond motifs is 6. The molecule has 3 N–H and O–H groups in total. The third kappa shape index (κ3) is 0.729. The monoisotopic (exact) mass is 179 g/mol. The first kappa shape index (κ1) is 7.21. The first-order valence-electron chi connectivity index (χ1n) is 5.61. The summed E-state index contributed by atoms with van der Waals surface area (Å²) in [5.41, 5.74) is 6.91. The minimum absolute atomic E-state index is 0.735. The van der Waals surface area contributed by atoms with Crippen molar-refractivity contribution in [2.24, 2.45) is 23.7 Å². The molecular formula is C10H17N3. The Hall–Kier alpha value is -0.120. The van der Waals surface area contributed by atoms with Gasteiger partial charge in [0.1, 0.15) is 0 Å². The van der Waals surface area contributed by atoms with E-state index in [1.54, 1.807) is 0 Å². The molecule has 0 aromatic rings. The highest BCUT2D eigenvalue weighted by molar-refractivity contribution is 5.20. The van der Waals surface area contributed by atoms with Gasteiger partial charge in [0.05, 0.1) is 0 Å². The Morgan fingerprint density at radius 2 is 2.00 bits per heavy atom. The van der Waals surface area contributed by atoms with Crippen LogP contribution in [0.2, 0.25) is 0 Å². The van der Waals surface area contributed by atoms with E-state index in [9.17, 15) is 0 Å². The predicted molar refractivity (Wildman–Crippen MR) is 49.9 cm³/mol. The third-order valence-corrected chi connectivity index (χ3v) is 4.76. The molecule has 2 saturated heterocycles.